The zero-order valence-corrected chi connectivity index (χ0v) is 14.5. The van der Waals surface area contributed by atoms with E-state index in [1.165, 1.54) is 0 Å². The number of alkyl halides is 3. The fourth-order valence-corrected chi connectivity index (χ4v) is 2.47. The van der Waals surface area contributed by atoms with Crippen LogP contribution in [0.15, 0.2) is 42.6 Å². The Morgan fingerprint density at radius 3 is 2.67 bits per heavy atom. The van der Waals surface area contributed by atoms with Gasteiger partial charge in [0.1, 0.15) is 5.75 Å². The number of carbonyl (C=O) groups is 1. The fourth-order valence-electron chi connectivity index (χ4n) is 2.30. The number of phenols is 1. The van der Waals surface area contributed by atoms with Gasteiger partial charge in [0.25, 0.3) is 5.91 Å². The molecule has 1 aromatic heterocycles. The van der Waals surface area contributed by atoms with Gasteiger partial charge in [-0.1, -0.05) is 22.9 Å². The van der Waals surface area contributed by atoms with Crippen molar-refractivity contribution < 1.29 is 23.1 Å². The van der Waals surface area contributed by atoms with E-state index in [4.69, 9.17) is 11.6 Å². The SMILES string of the molecule is Cc1ccc(Cl)cc1NC(=O)c1cn(-c2cc(O)cc(C(F)(F)F)c2)nn1. The number of aromatic nitrogens is 3. The quantitative estimate of drug-likeness (QED) is 0.695. The van der Waals surface area contributed by atoms with E-state index in [2.05, 4.69) is 15.6 Å². The third-order valence-corrected chi connectivity index (χ3v) is 3.90. The van der Waals surface area contributed by atoms with Gasteiger partial charge in [-0.2, -0.15) is 13.2 Å². The number of hydrogen-bond acceptors (Lipinski definition) is 4. The van der Waals surface area contributed by atoms with Crippen LogP contribution in [0.4, 0.5) is 18.9 Å². The number of nitrogens with zero attached hydrogens (tertiary/aromatic N) is 3. The van der Waals surface area contributed by atoms with Crippen LogP contribution in [0.3, 0.4) is 0 Å². The van der Waals surface area contributed by atoms with Crippen molar-refractivity contribution in [2.45, 2.75) is 13.1 Å². The minimum Gasteiger partial charge on any atom is -0.508 e. The number of aromatic hydroxyl groups is 1. The Morgan fingerprint density at radius 2 is 1.96 bits per heavy atom. The van der Waals surface area contributed by atoms with Crippen molar-refractivity contribution in [3.8, 4) is 11.4 Å². The molecule has 1 amide bonds. The summed E-state index contributed by atoms with van der Waals surface area (Å²) >= 11 is 5.90. The molecule has 0 saturated carbocycles. The Labute approximate surface area is 156 Å². The van der Waals surface area contributed by atoms with Crippen molar-refractivity contribution in [1.82, 2.24) is 15.0 Å². The number of amides is 1. The smallest absolute Gasteiger partial charge is 0.416 e. The molecule has 3 aromatic rings. The molecule has 140 valence electrons. The van der Waals surface area contributed by atoms with E-state index in [1.807, 2.05) is 0 Å². The van der Waals surface area contributed by atoms with Crippen LogP contribution in [-0.4, -0.2) is 26.0 Å². The number of rotatable bonds is 3. The highest BCUT2D eigenvalue weighted by Gasteiger charge is 2.31. The topological polar surface area (TPSA) is 80.0 Å². The van der Waals surface area contributed by atoms with E-state index in [0.29, 0.717) is 16.8 Å². The maximum absolute atomic E-state index is 12.9. The minimum absolute atomic E-state index is 0.0900. The van der Waals surface area contributed by atoms with Crippen LogP contribution in [0, 0.1) is 6.92 Å². The molecule has 10 heteroatoms. The van der Waals surface area contributed by atoms with Crippen LogP contribution in [-0.2, 0) is 6.18 Å². The van der Waals surface area contributed by atoms with Crippen molar-refractivity contribution in [2.24, 2.45) is 0 Å². The second-order valence-corrected chi connectivity index (χ2v) is 6.13. The lowest BCUT2D eigenvalue weighted by molar-refractivity contribution is -0.137. The summed E-state index contributed by atoms with van der Waals surface area (Å²) in [6.07, 6.45) is -3.48. The fraction of sp³-hybridized carbons (Fsp3) is 0.118. The van der Waals surface area contributed by atoms with Gasteiger partial charge in [0.2, 0.25) is 0 Å². The summed E-state index contributed by atoms with van der Waals surface area (Å²) in [6.45, 7) is 1.77. The molecule has 3 rings (SSSR count). The van der Waals surface area contributed by atoms with Gasteiger partial charge < -0.3 is 10.4 Å². The predicted molar refractivity (Wildman–Crippen MR) is 92.2 cm³/mol. The standard InChI is InChI=1S/C17H12ClF3N4O2/c1-9-2-3-11(18)6-14(9)22-16(27)15-8-25(24-23-15)12-4-10(17(19,20)21)5-13(26)7-12/h2-8,26H,1H3,(H,22,27). The van der Waals surface area contributed by atoms with Crippen molar-refractivity contribution in [2.75, 3.05) is 5.32 Å². The average molecular weight is 397 g/mol. The van der Waals surface area contributed by atoms with E-state index in [9.17, 15) is 23.1 Å². The van der Waals surface area contributed by atoms with Crippen LogP contribution in [0.1, 0.15) is 21.6 Å². The van der Waals surface area contributed by atoms with Crippen LogP contribution in [0.5, 0.6) is 5.75 Å². The highest BCUT2D eigenvalue weighted by atomic mass is 35.5. The van der Waals surface area contributed by atoms with E-state index >= 15 is 0 Å². The molecule has 27 heavy (non-hydrogen) atoms. The molecule has 2 N–H and O–H groups in total. The number of carbonyl (C=O) groups excluding carboxylic acids is 1. The summed E-state index contributed by atoms with van der Waals surface area (Å²) in [5.41, 5.74) is -0.0191. The molecule has 6 nitrogen and oxygen atoms in total. The monoisotopic (exact) mass is 396 g/mol. The second-order valence-electron chi connectivity index (χ2n) is 5.70. The summed E-state index contributed by atoms with van der Waals surface area (Å²) in [6, 6.07) is 7.41. The molecule has 0 aliphatic rings. The van der Waals surface area contributed by atoms with E-state index < -0.39 is 23.4 Å². The first kappa shape index (κ1) is 18.7. The van der Waals surface area contributed by atoms with Gasteiger partial charge in [-0.25, -0.2) is 4.68 Å². The van der Waals surface area contributed by atoms with Crippen LogP contribution in [0.2, 0.25) is 5.02 Å². The molecule has 0 spiro atoms. The van der Waals surface area contributed by atoms with Gasteiger partial charge >= 0.3 is 6.18 Å². The number of phenolic OH excluding ortho intramolecular Hbond substituents is 1. The zero-order valence-electron chi connectivity index (χ0n) is 13.8. The molecular weight excluding hydrogens is 385 g/mol. The highest BCUT2D eigenvalue weighted by Crippen LogP contribution is 2.33. The van der Waals surface area contributed by atoms with Gasteiger partial charge in [0.05, 0.1) is 17.4 Å². The van der Waals surface area contributed by atoms with Crippen LogP contribution >= 0.6 is 11.6 Å². The predicted octanol–water partition coefficient (Wildman–Crippen LogP) is 4.21. The number of hydrogen-bond donors (Lipinski definition) is 2. The van der Waals surface area contributed by atoms with Crippen molar-refractivity contribution in [3.05, 3.63) is 64.4 Å². The summed E-state index contributed by atoms with van der Waals surface area (Å²) < 4.78 is 39.6. The van der Waals surface area contributed by atoms with Crippen molar-refractivity contribution in [1.29, 1.82) is 0 Å². The molecule has 0 aliphatic carbocycles. The van der Waals surface area contributed by atoms with E-state index in [1.54, 1.807) is 25.1 Å². The lowest BCUT2D eigenvalue weighted by atomic mass is 10.2. The van der Waals surface area contributed by atoms with Gasteiger partial charge in [0.15, 0.2) is 5.69 Å². The first-order valence-corrected chi connectivity index (χ1v) is 7.93. The Balaban J connectivity index is 1.88. The summed E-state index contributed by atoms with van der Waals surface area (Å²) in [5.74, 6) is -1.20. The molecule has 0 radical (unpaired) electrons. The number of nitrogens with one attached hydrogen (secondary N) is 1. The zero-order chi connectivity index (χ0) is 19.8. The largest absolute Gasteiger partial charge is 0.508 e. The maximum Gasteiger partial charge on any atom is 0.416 e. The Morgan fingerprint density at radius 1 is 1.22 bits per heavy atom. The summed E-state index contributed by atoms with van der Waals surface area (Å²) in [5, 5.41) is 19.9. The summed E-state index contributed by atoms with van der Waals surface area (Å²) in [7, 11) is 0. The molecule has 0 fully saturated rings. The number of anilines is 1. The van der Waals surface area contributed by atoms with Crippen molar-refractivity contribution >= 4 is 23.2 Å². The number of aryl methyl sites for hydroxylation is 1. The Hall–Kier alpha value is -3.07. The minimum atomic E-state index is -4.64. The van der Waals surface area contributed by atoms with Gasteiger partial charge in [-0.3, -0.25) is 4.79 Å². The molecule has 1 heterocycles. The first-order valence-electron chi connectivity index (χ1n) is 7.55. The maximum atomic E-state index is 12.9. The van der Waals surface area contributed by atoms with Gasteiger partial charge in [-0.05, 0) is 36.8 Å². The molecule has 0 saturated heterocycles. The van der Waals surface area contributed by atoms with Gasteiger partial charge in [-0.15, -0.1) is 5.10 Å². The third kappa shape index (κ3) is 4.20. The van der Waals surface area contributed by atoms with E-state index in [0.717, 1.165) is 28.6 Å². The number of benzene rings is 2. The highest BCUT2D eigenvalue weighted by molar-refractivity contribution is 6.31. The molecule has 0 bridgehead atoms. The van der Waals surface area contributed by atoms with Crippen LogP contribution in [0.25, 0.3) is 5.69 Å². The summed E-state index contributed by atoms with van der Waals surface area (Å²) in [4.78, 5) is 12.3. The average Bonchev–Trinajstić information content (AvgIpc) is 3.07. The van der Waals surface area contributed by atoms with Crippen molar-refractivity contribution in [3.63, 3.8) is 0 Å². The Kier molecular flexibility index (Phi) is 4.79. The van der Waals surface area contributed by atoms with E-state index in [-0.39, 0.29) is 11.4 Å². The lowest BCUT2D eigenvalue weighted by Crippen LogP contribution is -2.13. The first-order chi connectivity index (χ1) is 12.6. The lowest BCUT2D eigenvalue weighted by Gasteiger charge is -2.09. The number of halogens is 4. The second kappa shape index (κ2) is 6.92. The van der Waals surface area contributed by atoms with Crippen LogP contribution < -0.4 is 5.32 Å². The van der Waals surface area contributed by atoms with Gasteiger partial charge in [0, 0.05) is 16.8 Å². The third-order valence-electron chi connectivity index (χ3n) is 3.67. The molecule has 0 aliphatic heterocycles. The molecule has 2 aromatic carbocycles. The Bertz CT molecular complexity index is 1020. The molecular formula is C17H12ClF3N4O2. The molecule has 0 unspecified atom stereocenters. The normalized spacial score (nSPS) is 11.4. The molecule has 0 atom stereocenters.